The molecule has 0 unspecified atom stereocenters. The number of carboxylic acids is 1. The summed E-state index contributed by atoms with van der Waals surface area (Å²) in [5, 5.41) is 15.3. The van der Waals surface area contributed by atoms with E-state index in [2.05, 4.69) is 56.6 Å². The number of amides is 1. The topological polar surface area (TPSA) is 131 Å². The van der Waals surface area contributed by atoms with Crippen LogP contribution in [0, 0.1) is 0 Å². The lowest BCUT2D eigenvalue weighted by Gasteiger charge is -2.32. The Bertz CT molecular complexity index is 1200. The molecule has 1 aromatic rings. The summed E-state index contributed by atoms with van der Waals surface area (Å²) in [6.07, 6.45) is 10.0. The number of esters is 1. The van der Waals surface area contributed by atoms with Gasteiger partial charge in [-0.15, -0.1) is 0 Å². The highest BCUT2D eigenvalue weighted by atomic mass is 32.2. The Balaban J connectivity index is 2.76. The van der Waals surface area contributed by atoms with Crippen molar-refractivity contribution < 1.29 is 33.8 Å². The Hall–Kier alpha value is -3.37. The number of nitrogens with one attached hydrogen (secondary N) is 2. The van der Waals surface area contributed by atoms with Crippen LogP contribution >= 0.6 is 11.8 Å². The molecule has 0 heterocycles. The molecule has 0 aromatic heterocycles. The van der Waals surface area contributed by atoms with Gasteiger partial charge in [-0.25, -0.2) is 4.79 Å². The first-order valence-corrected chi connectivity index (χ1v) is 17.0. The van der Waals surface area contributed by atoms with Crippen LogP contribution < -0.4 is 10.6 Å². The zero-order valence-corrected chi connectivity index (χ0v) is 29.5. The zero-order valence-electron chi connectivity index (χ0n) is 28.6. The van der Waals surface area contributed by atoms with E-state index in [1.54, 1.807) is 20.8 Å². The van der Waals surface area contributed by atoms with Gasteiger partial charge in [0.1, 0.15) is 30.1 Å². The number of aliphatic carboxylic acids is 1. The molecule has 1 rings (SSSR count). The van der Waals surface area contributed by atoms with Crippen molar-refractivity contribution in [3.05, 3.63) is 70.8 Å². The number of thioether (sulfide) groups is 1. The van der Waals surface area contributed by atoms with Crippen LogP contribution in [0.5, 0.6) is 0 Å². The molecule has 0 radical (unpaired) electrons. The summed E-state index contributed by atoms with van der Waals surface area (Å²) in [5.74, 6) is -0.754. The maximum absolute atomic E-state index is 12.7. The summed E-state index contributed by atoms with van der Waals surface area (Å²) in [5.41, 5.74) is 2.35. The van der Waals surface area contributed by atoms with Crippen LogP contribution in [-0.4, -0.2) is 64.7 Å². The van der Waals surface area contributed by atoms with Crippen LogP contribution in [0.15, 0.2) is 65.3 Å². The van der Waals surface area contributed by atoms with Crippen LogP contribution in [-0.2, 0) is 30.5 Å². The van der Waals surface area contributed by atoms with E-state index in [1.807, 2.05) is 30.3 Å². The fourth-order valence-electron chi connectivity index (χ4n) is 4.22. The highest BCUT2D eigenvalue weighted by Crippen LogP contribution is 2.17. The highest BCUT2D eigenvalue weighted by Gasteiger charge is 2.35. The zero-order chi connectivity index (χ0) is 34.6. The van der Waals surface area contributed by atoms with Crippen LogP contribution in [0.3, 0.4) is 0 Å². The second-order valence-corrected chi connectivity index (χ2v) is 13.9. The number of hydrogen-bond acceptors (Lipinski definition) is 8. The second-order valence-electron chi connectivity index (χ2n) is 12.8. The molecule has 0 aliphatic rings. The number of allylic oxidation sites excluding steroid dienone is 5. The van der Waals surface area contributed by atoms with Crippen molar-refractivity contribution in [2.24, 2.45) is 0 Å². The number of carbonyl (C=O) groups is 4. The third-order valence-electron chi connectivity index (χ3n) is 6.91. The van der Waals surface area contributed by atoms with Crippen LogP contribution in [0.1, 0.15) is 92.6 Å². The van der Waals surface area contributed by atoms with Gasteiger partial charge in [-0.3, -0.25) is 9.59 Å². The largest absolute Gasteiger partial charge is 0.480 e. The molecule has 0 aliphatic heterocycles. The summed E-state index contributed by atoms with van der Waals surface area (Å²) < 4.78 is 10.7. The molecular formula is C36H54N2O7S. The van der Waals surface area contributed by atoms with Gasteiger partial charge in [0.2, 0.25) is 0 Å². The summed E-state index contributed by atoms with van der Waals surface area (Å²) >= 11 is 1.46. The van der Waals surface area contributed by atoms with E-state index in [-0.39, 0.29) is 31.7 Å². The maximum atomic E-state index is 12.7. The number of ether oxygens (including phenoxy) is 2. The van der Waals surface area contributed by atoms with Crippen molar-refractivity contribution >= 4 is 36.1 Å². The molecule has 3 N–H and O–H groups in total. The Morgan fingerprint density at radius 3 is 2.15 bits per heavy atom. The number of rotatable bonds is 21. The lowest BCUT2D eigenvalue weighted by atomic mass is 9.94. The van der Waals surface area contributed by atoms with Gasteiger partial charge in [0.15, 0.2) is 0 Å². The van der Waals surface area contributed by atoms with Gasteiger partial charge in [0.25, 0.3) is 0 Å². The van der Waals surface area contributed by atoms with E-state index >= 15 is 0 Å². The van der Waals surface area contributed by atoms with Crippen LogP contribution in [0.25, 0.3) is 0 Å². The minimum absolute atomic E-state index is 0.0741. The molecule has 0 saturated heterocycles. The molecule has 10 heteroatoms. The molecule has 9 nitrogen and oxygen atoms in total. The van der Waals surface area contributed by atoms with E-state index in [0.717, 1.165) is 31.2 Å². The molecule has 0 aliphatic carbocycles. The van der Waals surface area contributed by atoms with Crippen LogP contribution in [0.2, 0.25) is 0 Å². The Kier molecular flexibility index (Phi) is 18.9. The SMILES string of the molecule is CC(C)=CCC/C(C)=C/CC/C(C)=C/CSC[C@H](NC[C@@](C=O)(CCC(=O)OCc1ccccc1)NC(=O)OC(C)(C)C)C(=O)O. The van der Waals surface area contributed by atoms with Crippen LogP contribution in [0.4, 0.5) is 4.79 Å². The monoisotopic (exact) mass is 658 g/mol. The van der Waals surface area contributed by atoms with Gasteiger partial charge >= 0.3 is 18.0 Å². The van der Waals surface area contributed by atoms with E-state index in [9.17, 15) is 24.3 Å². The number of carbonyl (C=O) groups excluding carboxylic acids is 3. The fourth-order valence-corrected chi connectivity index (χ4v) is 5.25. The fraction of sp³-hybridized carbons (Fsp3) is 0.556. The molecule has 0 fully saturated rings. The van der Waals surface area contributed by atoms with Gasteiger partial charge < -0.3 is 30.0 Å². The van der Waals surface area contributed by atoms with Gasteiger partial charge in [-0.05, 0) is 86.1 Å². The molecule has 46 heavy (non-hydrogen) atoms. The average molecular weight is 659 g/mol. The molecule has 1 amide bonds. The number of aldehydes is 1. The Morgan fingerprint density at radius 2 is 1.57 bits per heavy atom. The number of hydrogen-bond donors (Lipinski definition) is 3. The summed E-state index contributed by atoms with van der Waals surface area (Å²) in [7, 11) is 0. The van der Waals surface area contributed by atoms with E-state index < -0.39 is 35.2 Å². The van der Waals surface area contributed by atoms with Crippen molar-refractivity contribution in [3.63, 3.8) is 0 Å². The molecular weight excluding hydrogens is 604 g/mol. The molecule has 256 valence electrons. The summed E-state index contributed by atoms with van der Waals surface area (Å²) in [6, 6.07) is 8.18. The highest BCUT2D eigenvalue weighted by molar-refractivity contribution is 7.99. The molecule has 2 atom stereocenters. The lowest BCUT2D eigenvalue weighted by Crippen LogP contribution is -2.59. The number of carboxylic acid groups (broad SMARTS) is 1. The van der Waals surface area contributed by atoms with Gasteiger partial charge in [-0.2, -0.15) is 11.8 Å². The lowest BCUT2D eigenvalue weighted by molar-refractivity contribution is -0.145. The van der Waals surface area contributed by atoms with Crippen molar-refractivity contribution in [2.45, 2.75) is 111 Å². The third-order valence-corrected chi connectivity index (χ3v) is 7.88. The van der Waals surface area contributed by atoms with Crippen molar-refractivity contribution in [1.29, 1.82) is 0 Å². The van der Waals surface area contributed by atoms with E-state index in [1.165, 1.54) is 28.5 Å². The molecule has 0 bridgehead atoms. The van der Waals surface area contributed by atoms with Gasteiger partial charge in [-0.1, -0.05) is 65.3 Å². The standard InChI is InChI=1S/C36H54N2O7S/c1-27(2)13-11-14-28(3)15-12-16-29(4)20-22-46-24-31(33(41)42)37-25-36(26-39,38-34(43)45-35(5,6)7)21-19-32(40)44-23-30-17-9-8-10-18-30/h8-10,13,15,17-18,20,26,31,37H,11-12,14,16,19,21-25H2,1-7H3,(H,38,43)(H,41,42)/b28-15+,29-20+/t31-,36+/m0/s1. The first-order valence-electron chi connectivity index (χ1n) is 15.8. The third kappa shape index (κ3) is 19.2. The van der Waals surface area contributed by atoms with E-state index in [0.29, 0.717) is 12.0 Å². The summed E-state index contributed by atoms with van der Waals surface area (Å²) in [4.78, 5) is 49.7. The predicted molar refractivity (Wildman–Crippen MR) is 186 cm³/mol. The molecule has 0 saturated carbocycles. The molecule has 1 aromatic carbocycles. The minimum atomic E-state index is -1.60. The minimum Gasteiger partial charge on any atom is -0.480 e. The van der Waals surface area contributed by atoms with E-state index in [4.69, 9.17) is 9.47 Å². The molecule has 0 spiro atoms. The van der Waals surface area contributed by atoms with Gasteiger partial charge in [0.05, 0.1) is 0 Å². The smallest absolute Gasteiger partial charge is 0.408 e. The Labute approximate surface area is 279 Å². The number of benzene rings is 1. The Morgan fingerprint density at radius 1 is 0.935 bits per heavy atom. The number of alkyl carbamates (subject to hydrolysis) is 1. The first kappa shape index (κ1) is 40.7. The summed E-state index contributed by atoms with van der Waals surface area (Å²) in [6.45, 7) is 13.4. The first-order chi connectivity index (χ1) is 21.6. The van der Waals surface area contributed by atoms with Crippen molar-refractivity contribution in [1.82, 2.24) is 10.6 Å². The van der Waals surface area contributed by atoms with Crippen molar-refractivity contribution in [2.75, 3.05) is 18.1 Å². The predicted octanol–water partition coefficient (Wildman–Crippen LogP) is 7.17. The average Bonchev–Trinajstić information content (AvgIpc) is 2.97. The second kappa shape index (κ2) is 21.4. The maximum Gasteiger partial charge on any atom is 0.408 e. The quantitative estimate of drug-likeness (QED) is 0.0545. The van der Waals surface area contributed by atoms with Crippen molar-refractivity contribution in [3.8, 4) is 0 Å². The van der Waals surface area contributed by atoms with Gasteiger partial charge in [0, 0.05) is 24.5 Å². The normalized spacial score (nSPS) is 14.1.